The Morgan fingerprint density at radius 1 is 0.533 bits per heavy atom. The molecule has 1 rings (SSSR count). The molecule has 12 nitrogen and oxygen atoms in total. The van der Waals surface area contributed by atoms with Gasteiger partial charge in [-0.05, 0) is 64.2 Å². The van der Waals surface area contributed by atoms with Crippen LogP contribution in [0.25, 0.3) is 0 Å². The maximum Gasteiger partial charge on any atom is 0.472 e. The number of unbranched alkanes of at least 4 members (excludes halogenated alkanes) is 22. The highest BCUT2D eigenvalue weighted by Crippen LogP contribution is 2.47. The summed E-state index contributed by atoms with van der Waals surface area (Å²) in [5.41, 5.74) is 0. The molecule has 0 aromatic heterocycles. The Kier molecular flexibility index (Phi) is 35.9. The Morgan fingerprint density at radius 2 is 0.950 bits per heavy atom. The van der Waals surface area contributed by atoms with E-state index in [2.05, 4.69) is 50.3 Å². The summed E-state index contributed by atoms with van der Waals surface area (Å²) >= 11 is 0. The highest BCUT2D eigenvalue weighted by molar-refractivity contribution is 7.47. The van der Waals surface area contributed by atoms with E-state index in [1.54, 1.807) is 0 Å². The molecular weight excluding hydrogens is 787 g/mol. The van der Waals surface area contributed by atoms with E-state index in [-0.39, 0.29) is 13.0 Å². The monoisotopic (exact) mass is 875 g/mol. The second-order valence-corrected chi connectivity index (χ2v) is 18.0. The number of carbonyl (C=O) groups excluding carboxylic acids is 1. The van der Waals surface area contributed by atoms with E-state index in [0.29, 0.717) is 13.0 Å². The number of allylic oxidation sites excluding steroid dienone is 6. The Balaban J connectivity index is 2.35. The van der Waals surface area contributed by atoms with Gasteiger partial charge < -0.3 is 39.9 Å². The third-order valence-corrected chi connectivity index (χ3v) is 12.0. The molecule has 1 aliphatic carbocycles. The summed E-state index contributed by atoms with van der Waals surface area (Å²) in [4.78, 5) is 23.2. The zero-order valence-corrected chi connectivity index (χ0v) is 38.4. The van der Waals surface area contributed by atoms with E-state index in [4.69, 9.17) is 18.5 Å². The summed E-state index contributed by atoms with van der Waals surface area (Å²) in [6, 6.07) is 0. The van der Waals surface area contributed by atoms with Gasteiger partial charge in [-0.25, -0.2) is 4.57 Å². The van der Waals surface area contributed by atoms with Crippen LogP contribution >= 0.6 is 7.82 Å². The molecule has 0 amide bonds. The van der Waals surface area contributed by atoms with Crippen molar-refractivity contribution < 1.29 is 58.3 Å². The van der Waals surface area contributed by atoms with E-state index in [1.165, 1.54) is 96.3 Å². The van der Waals surface area contributed by atoms with E-state index in [1.807, 2.05) is 0 Å². The molecule has 0 bridgehead atoms. The fraction of sp³-hybridized carbons (Fsp3) is 0.851. The average Bonchev–Trinajstić information content (AvgIpc) is 3.23. The number of phosphoric ester groups is 1. The molecule has 352 valence electrons. The van der Waals surface area contributed by atoms with Gasteiger partial charge in [0.1, 0.15) is 42.7 Å². The minimum Gasteiger partial charge on any atom is -0.457 e. The number of hydrogen-bond acceptors (Lipinski definition) is 11. The Bertz CT molecular complexity index is 1130. The van der Waals surface area contributed by atoms with Crippen molar-refractivity contribution in [2.75, 3.05) is 19.8 Å². The Hall–Kier alpha value is -1.44. The van der Waals surface area contributed by atoms with Gasteiger partial charge in [-0.2, -0.15) is 0 Å². The minimum atomic E-state index is -5.02. The number of esters is 1. The number of aliphatic hydroxyl groups is 5. The van der Waals surface area contributed by atoms with Crippen LogP contribution in [0.4, 0.5) is 0 Å². The normalized spacial score (nSPS) is 22.6. The van der Waals surface area contributed by atoms with Crippen LogP contribution in [0.2, 0.25) is 0 Å². The smallest absolute Gasteiger partial charge is 0.457 e. The minimum absolute atomic E-state index is 0.0820. The van der Waals surface area contributed by atoms with Gasteiger partial charge in [-0.1, -0.05) is 159 Å². The Morgan fingerprint density at radius 3 is 1.47 bits per heavy atom. The van der Waals surface area contributed by atoms with Crippen LogP contribution in [0.3, 0.4) is 0 Å². The first-order chi connectivity index (χ1) is 29.0. The SMILES string of the molecule is CCCC/C=C\CCCCCCCCOCC(COP(=O)(O)OC1C(O)C(O)C(O)C(O)C1O)OC(=O)CCCCCCCCCCC/C=C\C/C=C\CCCCCCC. The van der Waals surface area contributed by atoms with Crippen LogP contribution in [0.1, 0.15) is 194 Å². The Labute approximate surface area is 363 Å². The van der Waals surface area contributed by atoms with Gasteiger partial charge in [-0.15, -0.1) is 0 Å². The number of hydrogen-bond donors (Lipinski definition) is 6. The molecule has 0 heterocycles. The molecule has 0 aromatic carbocycles. The molecule has 60 heavy (non-hydrogen) atoms. The third-order valence-electron chi connectivity index (χ3n) is 11.0. The lowest BCUT2D eigenvalue weighted by Crippen LogP contribution is -2.64. The standard InChI is InChI=1S/C47H87O12P/c1-3-5-7-9-11-13-15-17-18-19-20-21-22-23-24-25-26-28-30-32-34-36-41(48)58-40(38-56-37-35-33-31-29-27-16-14-12-10-8-6-4-2)39-57-60(54,55)59-47-45(52)43(50)42(49)44(51)46(47)53/h10,12,15,17,19-20,40,42-47,49-53H,3-9,11,13-14,16,18,21-39H2,1-2H3,(H,54,55)/b12-10-,17-15-,20-19-. The molecule has 0 radical (unpaired) electrons. The quantitative estimate of drug-likeness (QED) is 0.0148. The zero-order valence-electron chi connectivity index (χ0n) is 37.5. The van der Waals surface area contributed by atoms with Gasteiger partial charge >= 0.3 is 13.8 Å². The number of phosphoric acid groups is 1. The summed E-state index contributed by atoms with van der Waals surface area (Å²) in [7, 11) is -5.02. The molecule has 13 heteroatoms. The van der Waals surface area contributed by atoms with Gasteiger partial charge in [0.15, 0.2) is 0 Å². The number of carbonyl (C=O) groups is 1. The highest BCUT2D eigenvalue weighted by atomic mass is 31.2. The van der Waals surface area contributed by atoms with Crippen molar-refractivity contribution in [2.45, 2.75) is 236 Å². The van der Waals surface area contributed by atoms with Gasteiger partial charge in [0.2, 0.25) is 0 Å². The highest BCUT2D eigenvalue weighted by Gasteiger charge is 2.51. The molecule has 1 aliphatic rings. The van der Waals surface area contributed by atoms with Crippen molar-refractivity contribution >= 4 is 13.8 Å². The summed E-state index contributed by atoms with van der Waals surface area (Å²) in [6.07, 6.45) is 32.1. The van der Waals surface area contributed by atoms with Crippen molar-refractivity contribution in [3.05, 3.63) is 36.5 Å². The molecule has 1 fully saturated rings. The van der Waals surface area contributed by atoms with E-state index in [0.717, 1.165) is 70.6 Å². The predicted molar refractivity (Wildman–Crippen MR) is 239 cm³/mol. The molecule has 1 saturated carbocycles. The second-order valence-electron chi connectivity index (χ2n) is 16.6. The summed E-state index contributed by atoms with van der Waals surface area (Å²) in [5.74, 6) is -0.484. The van der Waals surface area contributed by atoms with Gasteiger partial charge in [0.25, 0.3) is 0 Å². The number of aliphatic hydroxyl groups excluding tert-OH is 5. The molecule has 0 aromatic rings. The fourth-order valence-electron chi connectivity index (χ4n) is 7.13. The lowest BCUT2D eigenvalue weighted by molar-refractivity contribution is -0.220. The second kappa shape index (κ2) is 38.1. The third kappa shape index (κ3) is 29.8. The van der Waals surface area contributed by atoms with Crippen LogP contribution in [-0.2, 0) is 27.9 Å². The molecule has 0 aliphatic heterocycles. The lowest BCUT2D eigenvalue weighted by Gasteiger charge is -2.41. The van der Waals surface area contributed by atoms with Crippen molar-refractivity contribution in [2.24, 2.45) is 0 Å². The topological polar surface area (TPSA) is 192 Å². The van der Waals surface area contributed by atoms with Crippen LogP contribution in [0, 0.1) is 0 Å². The lowest BCUT2D eigenvalue weighted by atomic mass is 9.85. The first-order valence-corrected chi connectivity index (χ1v) is 25.3. The summed E-state index contributed by atoms with van der Waals surface area (Å²) in [5, 5.41) is 50.2. The largest absolute Gasteiger partial charge is 0.472 e. The van der Waals surface area contributed by atoms with E-state index >= 15 is 0 Å². The van der Waals surface area contributed by atoms with E-state index in [9.17, 15) is 39.8 Å². The van der Waals surface area contributed by atoms with Gasteiger partial charge in [0.05, 0.1) is 13.2 Å². The zero-order chi connectivity index (χ0) is 44.1. The maximum absolute atomic E-state index is 12.8. The average molecular weight is 875 g/mol. The maximum atomic E-state index is 12.8. The van der Waals surface area contributed by atoms with Crippen molar-refractivity contribution in [3.63, 3.8) is 0 Å². The molecular formula is C47H87O12P. The van der Waals surface area contributed by atoms with Crippen LogP contribution in [0.5, 0.6) is 0 Å². The summed E-state index contributed by atoms with van der Waals surface area (Å²) in [6.45, 7) is 4.20. The fourth-order valence-corrected chi connectivity index (χ4v) is 8.10. The molecule has 6 N–H and O–H groups in total. The van der Waals surface area contributed by atoms with Crippen molar-refractivity contribution in [1.29, 1.82) is 0 Å². The first-order valence-electron chi connectivity index (χ1n) is 23.8. The summed E-state index contributed by atoms with van der Waals surface area (Å²) < 4.78 is 34.2. The predicted octanol–water partition coefficient (Wildman–Crippen LogP) is 9.87. The number of rotatable bonds is 40. The molecule has 0 spiro atoms. The number of ether oxygens (including phenoxy) is 2. The molecule has 6 atom stereocenters. The van der Waals surface area contributed by atoms with Crippen LogP contribution < -0.4 is 0 Å². The molecule has 6 unspecified atom stereocenters. The van der Waals surface area contributed by atoms with Crippen LogP contribution in [0.15, 0.2) is 36.5 Å². The van der Waals surface area contributed by atoms with Gasteiger partial charge in [0, 0.05) is 13.0 Å². The molecule has 0 saturated heterocycles. The van der Waals surface area contributed by atoms with Crippen molar-refractivity contribution in [3.8, 4) is 0 Å². The first kappa shape index (κ1) is 56.6. The van der Waals surface area contributed by atoms with Gasteiger partial charge in [-0.3, -0.25) is 13.8 Å². The van der Waals surface area contributed by atoms with E-state index < -0.39 is 63.1 Å². The van der Waals surface area contributed by atoms with Crippen molar-refractivity contribution in [1.82, 2.24) is 0 Å². The van der Waals surface area contributed by atoms with Crippen LogP contribution in [-0.4, -0.2) is 98.9 Å².